The Morgan fingerprint density at radius 2 is 2.14 bits per heavy atom. The van der Waals surface area contributed by atoms with Crippen molar-refractivity contribution in [3.8, 4) is 0 Å². The van der Waals surface area contributed by atoms with Crippen LogP contribution < -0.4 is 4.57 Å². The van der Waals surface area contributed by atoms with E-state index >= 15 is 0 Å². The molecule has 1 fully saturated rings. The van der Waals surface area contributed by atoms with Crippen LogP contribution in [0.15, 0.2) is 18.7 Å². The topological polar surface area (TPSA) is 27.3 Å². The van der Waals surface area contributed by atoms with Crippen molar-refractivity contribution in [3.05, 3.63) is 18.7 Å². The molecule has 1 aromatic heterocycles. The van der Waals surface area contributed by atoms with Crippen molar-refractivity contribution in [1.29, 1.82) is 0 Å². The van der Waals surface area contributed by atoms with Gasteiger partial charge in [-0.05, 0) is 37.5 Å². The maximum atomic E-state index is 6.24. The van der Waals surface area contributed by atoms with Crippen molar-refractivity contribution in [2.24, 2.45) is 17.8 Å². The van der Waals surface area contributed by atoms with Crippen LogP contribution in [0.4, 0.5) is 0 Å². The summed E-state index contributed by atoms with van der Waals surface area (Å²) in [5.41, 5.74) is 0. The highest BCUT2D eigenvalue weighted by molar-refractivity contribution is 4.81. The van der Waals surface area contributed by atoms with Crippen molar-refractivity contribution < 1.29 is 14.0 Å². The third kappa shape index (κ3) is 4.82. The first kappa shape index (κ1) is 16.5. The van der Waals surface area contributed by atoms with E-state index in [9.17, 15) is 0 Å². The summed E-state index contributed by atoms with van der Waals surface area (Å²) in [5, 5.41) is 0. The van der Waals surface area contributed by atoms with Gasteiger partial charge in [0.2, 0.25) is 6.33 Å². The number of rotatable bonds is 7. The van der Waals surface area contributed by atoms with Crippen LogP contribution in [0.25, 0.3) is 0 Å². The van der Waals surface area contributed by atoms with Gasteiger partial charge in [0.05, 0.1) is 6.10 Å². The summed E-state index contributed by atoms with van der Waals surface area (Å²) in [6, 6.07) is 0. The normalized spacial score (nSPS) is 26.4. The Kier molecular flexibility index (Phi) is 6.24. The van der Waals surface area contributed by atoms with E-state index in [-0.39, 0.29) is 0 Å². The van der Waals surface area contributed by atoms with Crippen molar-refractivity contribution >= 4 is 0 Å². The Bertz CT molecular complexity index is 417. The first-order chi connectivity index (χ1) is 10.1. The molecule has 0 unspecified atom stereocenters. The smallest absolute Gasteiger partial charge is 0.247 e. The van der Waals surface area contributed by atoms with Gasteiger partial charge in [-0.2, -0.15) is 0 Å². The summed E-state index contributed by atoms with van der Waals surface area (Å²) in [4.78, 5) is 0. The molecule has 0 aromatic carbocycles. The van der Waals surface area contributed by atoms with Crippen molar-refractivity contribution in [3.63, 3.8) is 0 Å². The van der Waals surface area contributed by atoms with Crippen LogP contribution in [-0.2, 0) is 22.9 Å². The van der Waals surface area contributed by atoms with Gasteiger partial charge in [0, 0.05) is 6.61 Å². The van der Waals surface area contributed by atoms with Crippen LogP contribution in [0.2, 0.25) is 0 Å². The zero-order valence-electron chi connectivity index (χ0n) is 14.0. The summed E-state index contributed by atoms with van der Waals surface area (Å²) in [7, 11) is 0. The lowest BCUT2D eigenvalue weighted by Crippen LogP contribution is -2.35. The highest BCUT2D eigenvalue weighted by Gasteiger charge is 2.31. The van der Waals surface area contributed by atoms with E-state index in [1.54, 1.807) is 0 Å². The molecule has 1 aliphatic rings. The molecule has 0 radical (unpaired) electrons. The van der Waals surface area contributed by atoms with E-state index in [4.69, 9.17) is 9.47 Å². The fourth-order valence-electron chi connectivity index (χ4n) is 3.28. The summed E-state index contributed by atoms with van der Waals surface area (Å²) < 4.78 is 15.8. The van der Waals surface area contributed by atoms with Gasteiger partial charge in [-0.3, -0.25) is 0 Å². The monoisotopic (exact) mass is 295 g/mol. The first-order valence-corrected chi connectivity index (χ1v) is 8.34. The molecule has 2 rings (SSSR count). The summed E-state index contributed by atoms with van der Waals surface area (Å²) >= 11 is 0. The van der Waals surface area contributed by atoms with Gasteiger partial charge in [0.25, 0.3) is 0 Å². The molecular weight excluding hydrogens is 264 g/mol. The minimum Gasteiger partial charge on any atom is -0.342 e. The standard InChI is InChI=1S/C17H31N2O2/c1-5-20-12-18-8-9-19(11-18)13-21-17-10-15(4)6-7-16(17)14(2)3/h8-9,11,14-17H,5-7,10,12-13H2,1-4H3/q+1/t15-,16+,17-/m1/s1. The summed E-state index contributed by atoms with van der Waals surface area (Å²) in [6.45, 7) is 11.0. The average molecular weight is 295 g/mol. The van der Waals surface area contributed by atoms with Crippen molar-refractivity contribution in [1.82, 2.24) is 4.57 Å². The first-order valence-electron chi connectivity index (χ1n) is 8.34. The van der Waals surface area contributed by atoms with Crippen molar-refractivity contribution in [2.45, 2.75) is 66.5 Å². The molecule has 120 valence electrons. The molecule has 1 aliphatic carbocycles. The van der Waals surface area contributed by atoms with Crippen LogP contribution >= 0.6 is 0 Å². The molecule has 21 heavy (non-hydrogen) atoms. The largest absolute Gasteiger partial charge is 0.342 e. The maximum absolute atomic E-state index is 6.24. The molecule has 4 heteroatoms. The number of hydrogen-bond donors (Lipinski definition) is 0. The van der Waals surface area contributed by atoms with Crippen LogP contribution in [0.5, 0.6) is 0 Å². The maximum Gasteiger partial charge on any atom is 0.247 e. The molecule has 1 aromatic rings. The van der Waals surface area contributed by atoms with Crippen LogP contribution in [0, 0.1) is 17.8 Å². The molecule has 3 atom stereocenters. The fraction of sp³-hybridized carbons (Fsp3) is 0.824. The highest BCUT2D eigenvalue weighted by Crippen LogP contribution is 2.35. The van der Waals surface area contributed by atoms with Gasteiger partial charge in [-0.25, -0.2) is 9.13 Å². The predicted molar refractivity (Wildman–Crippen MR) is 82.5 cm³/mol. The minimum absolute atomic E-state index is 0.400. The zero-order valence-corrected chi connectivity index (χ0v) is 14.0. The number of aromatic nitrogens is 2. The minimum atomic E-state index is 0.400. The van der Waals surface area contributed by atoms with E-state index in [2.05, 4.69) is 31.5 Å². The van der Waals surface area contributed by atoms with E-state index in [1.807, 2.05) is 24.0 Å². The second-order valence-electron chi connectivity index (χ2n) is 6.72. The fourth-order valence-corrected chi connectivity index (χ4v) is 3.28. The summed E-state index contributed by atoms with van der Waals surface area (Å²) in [5.74, 6) is 2.19. The molecule has 1 saturated carbocycles. The summed E-state index contributed by atoms with van der Waals surface area (Å²) in [6.07, 6.45) is 10.4. The van der Waals surface area contributed by atoms with E-state index in [0.29, 0.717) is 31.4 Å². The average Bonchev–Trinajstić information content (AvgIpc) is 2.90. The highest BCUT2D eigenvalue weighted by atomic mass is 16.5. The second-order valence-corrected chi connectivity index (χ2v) is 6.72. The molecule has 0 amide bonds. The van der Waals surface area contributed by atoms with Crippen LogP contribution in [0.1, 0.15) is 47.0 Å². The Morgan fingerprint density at radius 1 is 1.33 bits per heavy atom. The lowest BCUT2D eigenvalue weighted by atomic mass is 9.75. The van der Waals surface area contributed by atoms with Gasteiger partial charge in [0.15, 0.2) is 13.5 Å². The lowest BCUT2D eigenvalue weighted by Gasteiger charge is -2.36. The number of ether oxygens (including phenoxy) is 2. The predicted octanol–water partition coefficient (Wildman–Crippen LogP) is 3.20. The van der Waals surface area contributed by atoms with Gasteiger partial charge < -0.3 is 9.47 Å². The molecule has 0 aliphatic heterocycles. The Morgan fingerprint density at radius 3 is 2.86 bits per heavy atom. The molecule has 4 nitrogen and oxygen atoms in total. The van der Waals surface area contributed by atoms with Crippen LogP contribution in [0.3, 0.4) is 0 Å². The van der Waals surface area contributed by atoms with E-state index < -0.39 is 0 Å². The second kappa shape index (κ2) is 7.95. The molecule has 0 N–H and O–H groups in total. The molecule has 0 saturated heterocycles. The van der Waals surface area contributed by atoms with Gasteiger partial charge in [-0.1, -0.05) is 27.2 Å². The third-order valence-corrected chi connectivity index (χ3v) is 4.59. The molecule has 0 bridgehead atoms. The lowest BCUT2D eigenvalue weighted by molar-refractivity contribution is -0.732. The van der Waals surface area contributed by atoms with Gasteiger partial charge in [-0.15, -0.1) is 0 Å². The van der Waals surface area contributed by atoms with Gasteiger partial charge >= 0.3 is 0 Å². The van der Waals surface area contributed by atoms with Crippen LogP contribution in [-0.4, -0.2) is 17.3 Å². The quantitative estimate of drug-likeness (QED) is 0.722. The molecule has 0 spiro atoms. The third-order valence-electron chi connectivity index (χ3n) is 4.59. The van der Waals surface area contributed by atoms with E-state index in [1.165, 1.54) is 19.3 Å². The molecular formula is C17H31N2O2+. The molecule has 1 heterocycles. The Labute approximate surface area is 129 Å². The Hall–Kier alpha value is -0.870. The van der Waals surface area contributed by atoms with E-state index in [0.717, 1.165) is 12.5 Å². The Balaban J connectivity index is 1.86. The zero-order chi connectivity index (χ0) is 15.2. The number of imidazole rings is 1. The van der Waals surface area contributed by atoms with Crippen molar-refractivity contribution in [2.75, 3.05) is 6.61 Å². The number of nitrogens with zero attached hydrogens (tertiary/aromatic N) is 2. The SMILES string of the molecule is CCOC[n+]1ccn(CO[C@@H]2C[C@H](C)CC[C@H]2C(C)C)c1. The van der Waals surface area contributed by atoms with Gasteiger partial charge in [0.1, 0.15) is 12.4 Å². The number of hydrogen-bond acceptors (Lipinski definition) is 2.